The number of hydrogen-bond donors (Lipinski definition) is 1. The summed E-state index contributed by atoms with van der Waals surface area (Å²) in [5.74, 6) is -0.575. The molecule has 0 saturated carbocycles. The number of halogens is 1. The van der Waals surface area contributed by atoms with Crippen LogP contribution >= 0.6 is 0 Å². The molecule has 0 aliphatic carbocycles. The molecule has 1 aliphatic heterocycles. The zero-order valence-electron chi connectivity index (χ0n) is 11.7. The van der Waals surface area contributed by atoms with Gasteiger partial charge in [0.1, 0.15) is 5.82 Å². The monoisotopic (exact) mass is 300 g/mol. The first kappa shape index (κ1) is 15.3. The molecule has 2 N–H and O–H groups in total. The summed E-state index contributed by atoms with van der Waals surface area (Å²) in [4.78, 5) is 0.122. The average molecular weight is 300 g/mol. The molecule has 112 valence electrons. The van der Waals surface area contributed by atoms with Crippen molar-refractivity contribution < 1.29 is 12.8 Å². The predicted molar refractivity (Wildman–Crippen MR) is 77.4 cm³/mol. The summed E-state index contributed by atoms with van der Waals surface area (Å²) in [5.41, 5.74) is 5.79. The van der Waals surface area contributed by atoms with Crippen molar-refractivity contribution >= 4 is 15.7 Å². The van der Waals surface area contributed by atoms with Gasteiger partial charge in [0.25, 0.3) is 0 Å². The van der Waals surface area contributed by atoms with Crippen LogP contribution in [-0.4, -0.2) is 25.8 Å². The Hall–Kier alpha value is -1.14. The molecule has 2 rings (SSSR count). The van der Waals surface area contributed by atoms with Crippen molar-refractivity contribution in [1.82, 2.24) is 4.31 Å². The smallest absolute Gasteiger partial charge is 0.243 e. The van der Waals surface area contributed by atoms with Gasteiger partial charge < -0.3 is 5.73 Å². The van der Waals surface area contributed by atoms with E-state index in [1.54, 1.807) is 6.92 Å². The van der Waals surface area contributed by atoms with Gasteiger partial charge in [-0.2, -0.15) is 4.31 Å². The number of aryl methyl sites for hydroxylation is 1. The number of nitrogens with two attached hydrogens (primary N) is 1. The van der Waals surface area contributed by atoms with Gasteiger partial charge in [0, 0.05) is 13.1 Å². The van der Waals surface area contributed by atoms with Crippen LogP contribution < -0.4 is 5.73 Å². The second-order valence-electron chi connectivity index (χ2n) is 5.31. The Balaban J connectivity index is 2.35. The SMILES string of the molecule is Cc1cc(F)c(N)cc1S(=O)(=O)N1CCCCCCC1. The fourth-order valence-corrected chi connectivity index (χ4v) is 4.30. The normalized spacial score (nSPS) is 18.5. The lowest BCUT2D eigenvalue weighted by molar-refractivity contribution is 0.364. The van der Waals surface area contributed by atoms with Crippen molar-refractivity contribution in [2.75, 3.05) is 18.8 Å². The lowest BCUT2D eigenvalue weighted by Crippen LogP contribution is -2.34. The first-order chi connectivity index (χ1) is 9.43. The summed E-state index contributed by atoms with van der Waals surface area (Å²) in [5, 5.41) is 0. The van der Waals surface area contributed by atoms with Crippen LogP contribution in [0.5, 0.6) is 0 Å². The highest BCUT2D eigenvalue weighted by Gasteiger charge is 2.27. The topological polar surface area (TPSA) is 63.4 Å². The third kappa shape index (κ3) is 3.12. The Morgan fingerprint density at radius 3 is 2.25 bits per heavy atom. The highest BCUT2D eigenvalue weighted by atomic mass is 32.2. The predicted octanol–water partition coefficient (Wildman–Crippen LogP) is 2.67. The zero-order valence-corrected chi connectivity index (χ0v) is 12.5. The largest absolute Gasteiger partial charge is 0.396 e. The van der Waals surface area contributed by atoms with Crippen LogP contribution in [0.1, 0.15) is 37.7 Å². The molecule has 1 aliphatic rings. The van der Waals surface area contributed by atoms with Crippen LogP contribution in [0.4, 0.5) is 10.1 Å². The maximum absolute atomic E-state index is 13.4. The molecule has 0 bridgehead atoms. The molecule has 0 aromatic heterocycles. The van der Waals surface area contributed by atoms with Gasteiger partial charge >= 0.3 is 0 Å². The van der Waals surface area contributed by atoms with Gasteiger partial charge in [0.15, 0.2) is 0 Å². The highest BCUT2D eigenvalue weighted by Crippen LogP contribution is 2.26. The highest BCUT2D eigenvalue weighted by molar-refractivity contribution is 7.89. The van der Waals surface area contributed by atoms with Crippen molar-refractivity contribution in [1.29, 1.82) is 0 Å². The summed E-state index contributed by atoms with van der Waals surface area (Å²) < 4.78 is 40.3. The van der Waals surface area contributed by atoms with Gasteiger partial charge in [-0.05, 0) is 37.5 Å². The van der Waals surface area contributed by atoms with E-state index >= 15 is 0 Å². The molecule has 6 heteroatoms. The maximum atomic E-state index is 13.4. The van der Waals surface area contributed by atoms with E-state index in [4.69, 9.17) is 5.73 Å². The lowest BCUT2D eigenvalue weighted by Gasteiger charge is -2.25. The average Bonchev–Trinajstić information content (AvgIpc) is 2.32. The second-order valence-corrected chi connectivity index (χ2v) is 7.22. The Morgan fingerprint density at radius 2 is 1.65 bits per heavy atom. The Morgan fingerprint density at radius 1 is 1.10 bits per heavy atom. The molecular formula is C14H21FN2O2S. The number of nitrogen functional groups attached to an aromatic ring is 1. The number of benzene rings is 1. The fourth-order valence-electron chi connectivity index (χ4n) is 2.54. The molecule has 1 saturated heterocycles. The maximum Gasteiger partial charge on any atom is 0.243 e. The summed E-state index contributed by atoms with van der Waals surface area (Å²) in [7, 11) is -3.58. The second kappa shape index (κ2) is 6.10. The van der Waals surface area contributed by atoms with Crippen molar-refractivity contribution in [3.63, 3.8) is 0 Å². The molecule has 0 amide bonds. The van der Waals surface area contributed by atoms with E-state index < -0.39 is 15.8 Å². The molecule has 1 heterocycles. The van der Waals surface area contributed by atoms with Crippen molar-refractivity contribution in [3.8, 4) is 0 Å². The Bertz CT molecular complexity index is 579. The Labute approximate surface area is 119 Å². The van der Waals surface area contributed by atoms with Crippen LogP contribution in [0, 0.1) is 12.7 Å². The van der Waals surface area contributed by atoms with E-state index in [2.05, 4.69) is 0 Å². The summed E-state index contributed by atoms with van der Waals surface area (Å²) in [6.45, 7) is 2.65. The van der Waals surface area contributed by atoms with E-state index in [9.17, 15) is 12.8 Å². The summed E-state index contributed by atoms with van der Waals surface area (Å²) in [6.07, 6.45) is 5.01. The van der Waals surface area contributed by atoms with Crippen molar-refractivity contribution in [2.45, 2.75) is 43.9 Å². The molecule has 0 spiro atoms. The third-order valence-corrected chi connectivity index (χ3v) is 5.77. The third-order valence-electron chi connectivity index (χ3n) is 3.73. The standard InChI is InChI=1S/C14H21FN2O2S/c1-11-9-12(15)13(16)10-14(11)20(18,19)17-7-5-3-2-4-6-8-17/h9-10H,2-8,16H2,1H3. The first-order valence-electron chi connectivity index (χ1n) is 6.98. The minimum atomic E-state index is -3.58. The van der Waals surface area contributed by atoms with Crippen molar-refractivity contribution in [3.05, 3.63) is 23.5 Å². The molecule has 1 aromatic rings. The minimum absolute atomic E-state index is 0.122. The first-order valence-corrected chi connectivity index (χ1v) is 8.42. The van der Waals surface area contributed by atoms with Gasteiger partial charge in [-0.1, -0.05) is 19.3 Å². The van der Waals surface area contributed by atoms with Gasteiger partial charge in [-0.3, -0.25) is 0 Å². The summed E-state index contributed by atoms with van der Waals surface area (Å²) in [6, 6.07) is 2.42. The number of nitrogens with zero attached hydrogens (tertiary/aromatic N) is 1. The molecule has 1 aromatic carbocycles. The minimum Gasteiger partial charge on any atom is -0.396 e. The molecule has 0 unspecified atom stereocenters. The van der Waals surface area contributed by atoms with Crippen LogP contribution in [-0.2, 0) is 10.0 Å². The molecule has 0 radical (unpaired) electrons. The van der Waals surface area contributed by atoms with Gasteiger partial charge in [0.2, 0.25) is 10.0 Å². The van der Waals surface area contributed by atoms with E-state index in [1.807, 2.05) is 0 Å². The van der Waals surface area contributed by atoms with E-state index in [0.29, 0.717) is 18.7 Å². The van der Waals surface area contributed by atoms with Crippen LogP contribution in [0.2, 0.25) is 0 Å². The van der Waals surface area contributed by atoms with Crippen LogP contribution in [0.3, 0.4) is 0 Å². The number of rotatable bonds is 2. The quantitative estimate of drug-likeness (QED) is 0.854. The Kier molecular flexibility index (Phi) is 4.65. The number of anilines is 1. The number of hydrogen-bond acceptors (Lipinski definition) is 3. The molecule has 4 nitrogen and oxygen atoms in total. The molecular weight excluding hydrogens is 279 g/mol. The zero-order chi connectivity index (χ0) is 14.8. The summed E-state index contributed by atoms with van der Waals surface area (Å²) >= 11 is 0. The van der Waals surface area contributed by atoms with Crippen LogP contribution in [0.15, 0.2) is 17.0 Å². The van der Waals surface area contributed by atoms with Gasteiger partial charge in [-0.25, -0.2) is 12.8 Å². The number of sulfonamides is 1. The van der Waals surface area contributed by atoms with Gasteiger partial charge in [0.05, 0.1) is 10.6 Å². The molecule has 0 atom stereocenters. The van der Waals surface area contributed by atoms with Crippen molar-refractivity contribution in [2.24, 2.45) is 0 Å². The van der Waals surface area contributed by atoms with Crippen LogP contribution in [0.25, 0.3) is 0 Å². The van der Waals surface area contributed by atoms with E-state index in [0.717, 1.165) is 32.1 Å². The molecule has 20 heavy (non-hydrogen) atoms. The lowest BCUT2D eigenvalue weighted by atomic mass is 10.1. The van der Waals surface area contributed by atoms with E-state index in [-0.39, 0.29) is 10.6 Å². The molecule has 1 fully saturated rings. The van der Waals surface area contributed by atoms with E-state index in [1.165, 1.54) is 16.4 Å². The van der Waals surface area contributed by atoms with Gasteiger partial charge in [-0.15, -0.1) is 0 Å². The fraction of sp³-hybridized carbons (Fsp3) is 0.571.